The summed E-state index contributed by atoms with van der Waals surface area (Å²) in [5, 5.41) is 15.7. The van der Waals surface area contributed by atoms with Gasteiger partial charge in [-0.3, -0.25) is 9.59 Å². The molecule has 0 saturated carbocycles. The van der Waals surface area contributed by atoms with Crippen molar-refractivity contribution < 1.29 is 42.1 Å². The van der Waals surface area contributed by atoms with Crippen molar-refractivity contribution in [2.45, 2.75) is 61.5 Å². The van der Waals surface area contributed by atoms with Gasteiger partial charge in [0.1, 0.15) is 23.4 Å². The Morgan fingerprint density at radius 2 is 1.89 bits per heavy atom. The molecule has 2 aliphatic heterocycles. The minimum atomic E-state index is -4.12. The Hall–Kier alpha value is -3.52. The highest BCUT2D eigenvalue weighted by atomic mass is 35.5. The molecule has 12 nitrogen and oxygen atoms in total. The smallest absolute Gasteiger partial charge is 0.326 e. The molecule has 3 atom stereocenters. The van der Waals surface area contributed by atoms with Gasteiger partial charge < -0.3 is 30.0 Å². The van der Waals surface area contributed by atoms with Gasteiger partial charge in [0.2, 0.25) is 22.7 Å². The fraction of sp³-hybridized carbons (Fsp3) is 0.414. The third-order valence-electron chi connectivity index (χ3n) is 7.82. The normalized spacial score (nSPS) is 20.5. The first-order valence-corrected chi connectivity index (χ1v) is 16.1. The molecule has 3 N–H and O–H groups in total. The molecular weight excluding hydrogens is 637 g/mol. The molecule has 0 bridgehead atoms. The van der Waals surface area contributed by atoms with Gasteiger partial charge in [-0.2, -0.15) is 4.31 Å². The second-order valence-corrected chi connectivity index (χ2v) is 13.4. The maximum atomic E-state index is 13.3. The molecule has 0 spiro atoms. The summed E-state index contributed by atoms with van der Waals surface area (Å²) >= 11 is 12.0. The van der Waals surface area contributed by atoms with E-state index in [0.717, 1.165) is 9.88 Å². The number of carboxylic acid groups (broad SMARTS) is 1. The molecule has 1 aliphatic carbocycles. The first-order chi connectivity index (χ1) is 21.0. The van der Waals surface area contributed by atoms with Gasteiger partial charge in [0.25, 0.3) is 5.91 Å². The average Bonchev–Trinajstić information content (AvgIpc) is 3.67. The van der Waals surface area contributed by atoms with Crippen LogP contribution in [0.5, 0.6) is 17.2 Å². The number of nitrogens with one attached hydrogen (secondary N) is 2. The van der Waals surface area contributed by atoms with Crippen LogP contribution in [0.25, 0.3) is 0 Å². The zero-order valence-corrected chi connectivity index (χ0v) is 26.0. The Morgan fingerprint density at radius 3 is 2.55 bits per heavy atom. The van der Waals surface area contributed by atoms with E-state index < -0.39 is 34.0 Å². The van der Waals surface area contributed by atoms with Crippen LogP contribution in [0, 0.1) is 0 Å². The predicted octanol–water partition coefficient (Wildman–Crippen LogP) is 3.75. The number of carbonyl (C=O) groups is 3. The Bertz CT molecular complexity index is 1590. The zero-order chi connectivity index (χ0) is 31.6. The largest absolute Gasteiger partial charge is 0.496 e. The maximum absolute atomic E-state index is 13.3. The quantitative estimate of drug-likeness (QED) is 0.321. The van der Waals surface area contributed by atoms with Crippen LogP contribution in [0.2, 0.25) is 10.0 Å². The lowest BCUT2D eigenvalue weighted by molar-refractivity contribution is -0.142. The number of methoxy groups -OCH3 is 1. The van der Waals surface area contributed by atoms with Crippen molar-refractivity contribution in [2.75, 3.05) is 20.4 Å². The maximum Gasteiger partial charge on any atom is 0.326 e. The lowest BCUT2D eigenvalue weighted by Crippen LogP contribution is -2.51. The summed E-state index contributed by atoms with van der Waals surface area (Å²) in [6, 6.07) is 4.66. The molecule has 44 heavy (non-hydrogen) atoms. The van der Waals surface area contributed by atoms with Crippen LogP contribution in [0.4, 0.5) is 0 Å². The number of rotatable bonds is 10. The molecule has 5 rings (SSSR count). The van der Waals surface area contributed by atoms with Gasteiger partial charge in [0.05, 0.1) is 12.0 Å². The van der Waals surface area contributed by atoms with E-state index in [4.69, 9.17) is 37.4 Å². The predicted molar refractivity (Wildman–Crippen MR) is 160 cm³/mol. The summed E-state index contributed by atoms with van der Waals surface area (Å²) in [5.41, 5.74) is 1.05. The summed E-state index contributed by atoms with van der Waals surface area (Å²) < 4.78 is 43.9. The van der Waals surface area contributed by atoms with Gasteiger partial charge in [-0.15, -0.1) is 0 Å². The van der Waals surface area contributed by atoms with Crippen LogP contribution in [0.1, 0.15) is 48.9 Å². The van der Waals surface area contributed by atoms with Crippen molar-refractivity contribution in [1.29, 1.82) is 0 Å². The van der Waals surface area contributed by atoms with Gasteiger partial charge >= 0.3 is 5.97 Å². The third-order valence-corrected chi connectivity index (χ3v) is 10.1. The summed E-state index contributed by atoms with van der Waals surface area (Å²) in [5.74, 6) is -1.18. The molecule has 236 valence electrons. The number of carboxylic acids is 1. The Morgan fingerprint density at radius 1 is 1.14 bits per heavy atom. The molecular formula is C29H31Cl2N3O9S. The van der Waals surface area contributed by atoms with Crippen molar-refractivity contribution in [3.05, 3.63) is 57.6 Å². The number of ether oxygens (including phenoxy) is 3. The van der Waals surface area contributed by atoms with E-state index in [9.17, 15) is 27.9 Å². The van der Waals surface area contributed by atoms with Crippen LogP contribution in [-0.2, 0) is 19.6 Å². The highest BCUT2D eigenvalue weighted by molar-refractivity contribution is 7.89. The topological polar surface area (TPSA) is 161 Å². The lowest BCUT2D eigenvalue weighted by atomic mass is 9.91. The van der Waals surface area contributed by atoms with Gasteiger partial charge in [-0.25, -0.2) is 13.2 Å². The first kappa shape index (κ1) is 31.9. The molecule has 0 radical (unpaired) electrons. The molecule has 3 aliphatic rings. The van der Waals surface area contributed by atoms with Crippen molar-refractivity contribution in [1.82, 2.24) is 14.9 Å². The van der Waals surface area contributed by atoms with E-state index in [1.807, 2.05) is 6.08 Å². The van der Waals surface area contributed by atoms with Crippen molar-refractivity contribution in [2.24, 2.45) is 0 Å². The number of halogens is 2. The van der Waals surface area contributed by atoms with Crippen LogP contribution < -0.4 is 24.8 Å². The number of hydrogen-bond acceptors (Lipinski definition) is 8. The number of carbonyl (C=O) groups excluding carboxylic acids is 2. The lowest BCUT2D eigenvalue weighted by Gasteiger charge is -2.27. The molecule has 2 heterocycles. The molecule has 1 saturated heterocycles. The van der Waals surface area contributed by atoms with Crippen molar-refractivity contribution in [3.63, 3.8) is 0 Å². The van der Waals surface area contributed by atoms with E-state index in [1.54, 1.807) is 12.1 Å². The second-order valence-electron chi connectivity index (χ2n) is 10.7. The first-order valence-electron chi connectivity index (χ1n) is 13.9. The van der Waals surface area contributed by atoms with Crippen molar-refractivity contribution in [3.8, 4) is 17.2 Å². The number of fused-ring (bicyclic) bond motifs is 1. The summed E-state index contributed by atoms with van der Waals surface area (Å²) in [6.45, 7) is 0.0995. The van der Waals surface area contributed by atoms with Crippen LogP contribution in [0.15, 0.2) is 46.9 Å². The molecule has 1 fully saturated rings. The van der Waals surface area contributed by atoms with Crippen LogP contribution in [0.3, 0.4) is 0 Å². The van der Waals surface area contributed by atoms with Gasteiger partial charge in [0, 0.05) is 22.6 Å². The van der Waals surface area contributed by atoms with Gasteiger partial charge in [-0.1, -0.05) is 34.9 Å². The number of aliphatic carboxylic acids is 1. The molecule has 2 aromatic rings. The number of sulfonamides is 1. The summed E-state index contributed by atoms with van der Waals surface area (Å²) in [7, 11) is -2.66. The standard InChI is InChI=1S/C29H31Cl2N3O9S/c1-41-23-8-9-24-26(43-15-42-24)25(23)28(36)32-19-6-4-16(5-7-19)11-21(29(37)38)33-27(35)22-3-2-10-34(22)44(39,40)20-13-17(30)12-18(31)14-20/h4,8-9,12-14,19,21-22H,2-3,5-7,10-11,15H2,1H3,(H,32,36)(H,33,35)(H,37,38). The number of hydrogen-bond donors (Lipinski definition) is 3. The van der Waals surface area contributed by atoms with E-state index in [0.29, 0.717) is 42.9 Å². The number of benzene rings is 2. The number of amides is 2. The zero-order valence-electron chi connectivity index (χ0n) is 23.7. The monoisotopic (exact) mass is 667 g/mol. The van der Waals surface area contributed by atoms with Gasteiger partial charge in [-0.05, 0) is 68.9 Å². The fourth-order valence-corrected chi connectivity index (χ4v) is 8.02. The highest BCUT2D eigenvalue weighted by Gasteiger charge is 2.41. The molecule has 15 heteroatoms. The van der Waals surface area contributed by atoms with E-state index >= 15 is 0 Å². The summed E-state index contributed by atoms with van der Waals surface area (Å²) in [4.78, 5) is 38.4. The van der Waals surface area contributed by atoms with E-state index in [1.165, 1.54) is 25.3 Å². The van der Waals surface area contributed by atoms with E-state index in [2.05, 4.69) is 10.6 Å². The SMILES string of the molecule is COc1ccc2c(c1C(=O)NC1CC=C(CC(NC(=O)C3CCCN3S(=O)(=O)c3cc(Cl)cc(Cl)c3)C(=O)O)CC1)OCO2. The van der Waals surface area contributed by atoms with E-state index in [-0.39, 0.29) is 58.6 Å². The third kappa shape index (κ3) is 6.75. The van der Waals surface area contributed by atoms with Crippen LogP contribution >= 0.6 is 23.2 Å². The molecule has 2 amide bonds. The minimum Gasteiger partial charge on any atom is -0.496 e. The highest BCUT2D eigenvalue weighted by Crippen LogP contribution is 2.41. The molecule has 2 aromatic carbocycles. The summed E-state index contributed by atoms with van der Waals surface area (Å²) in [6.07, 6.45) is 4.05. The Kier molecular flexibility index (Phi) is 9.59. The second kappa shape index (κ2) is 13.2. The Labute approximate surface area is 264 Å². The van der Waals surface area contributed by atoms with Crippen LogP contribution in [-0.4, -0.2) is 74.2 Å². The average molecular weight is 669 g/mol. The Balaban J connectivity index is 1.21. The number of nitrogens with zero attached hydrogens (tertiary/aromatic N) is 1. The minimum absolute atomic E-state index is 0.00491. The van der Waals surface area contributed by atoms with Crippen molar-refractivity contribution >= 4 is 51.0 Å². The fourth-order valence-electron chi connectivity index (χ4n) is 5.63. The van der Waals surface area contributed by atoms with Gasteiger partial charge in [0.15, 0.2) is 11.5 Å². The molecule has 3 unspecified atom stereocenters. The molecule has 0 aromatic heterocycles.